The van der Waals surface area contributed by atoms with Crippen molar-refractivity contribution in [1.29, 1.82) is 0 Å². The number of piperazine rings is 2. The van der Waals surface area contributed by atoms with Crippen LogP contribution in [0.4, 0.5) is 15.9 Å². The Bertz CT molecular complexity index is 1260. The van der Waals surface area contributed by atoms with E-state index in [-0.39, 0.29) is 11.7 Å². The highest BCUT2D eigenvalue weighted by Gasteiger charge is 2.22. The molecule has 1 amide bonds. The molecule has 2 aliphatic heterocycles. The first-order valence-electron chi connectivity index (χ1n) is 13.3. The summed E-state index contributed by atoms with van der Waals surface area (Å²) in [7, 11) is 3.74. The molecule has 2 fully saturated rings. The highest BCUT2D eigenvalue weighted by Crippen LogP contribution is 2.26. The summed E-state index contributed by atoms with van der Waals surface area (Å²) in [4.78, 5) is 30.9. The predicted octanol–water partition coefficient (Wildman–Crippen LogP) is 3.77. The van der Waals surface area contributed by atoms with Gasteiger partial charge < -0.3 is 24.3 Å². The number of hydrogen-bond acceptors (Lipinski definition) is 8. The first-order chi connectivity index (χ1) is 19.0. The van der Waals surface area contributed by atoms with Crippen molar-refractivity contribution in [1.82, 2.24) is 19.8 Å². The highest BCUT2D eigenvalue weighted by molar-refractivity contribution is 7.98. The van der Waals surface area contributed by atoms with Crippen LogP contribution in [0.25, 0.3) is 0 Å². The average molecular weight is 551 g/mol. The summed E-state index contributed by atoms with van der Waals surface area (Å²) >= 11 is 1.57. The molecule has 0 atom stereocenters. The van der Waals surface area contributed by atoms with Gasteiger partial charge in [-0.2, -0.15) is 0 Å². The molecule has 0 radical (unpaired) electrons. The average Bonchev–Trinajstić information content (AvgIpc) is 2.97. The number of benzene rings is 2. The highest BCUT2D eigenvalue weighted by atomic mass is 32.2. The van der Waals surface area contributed by atoms with Crippen molar-refractivity contribution < 1.29 is 13.9 Å². The van der Waals surface area contributed by atoms with E-state index in [1.165, 1.54) is 6.07 Å². The molecule has 0 saturated carbocycles. The van der Waals surface area contributed by atoms with Crippen LogP contribution in [0, 0.1) is 5.82 Å². The van der Waals surface area contributed by atoms with Gasteiger partial charge in [0.1, 0.15) is 11.6 Å². The normalized spacial score (nSPS) is 16.5. The van der Waals surface area contributed by atoms with Crippen LogP contribution < -0.4 is 9.80 Å². The Kier molecular flexibility index (Phi) is 8.95. The SMILES string of the molecule is COCc1cc(N2CCN(c3ccccc3F)CC2)nc(SCc2ccc(C(=O)N3CCN(C)CC3)cc2)n1. The number of amides is 1. The van der Waals surface area contributed by atoms with Crippen LogP contribution in [0.5, 0.6) is 0 Å². The summed E-state index contributed by atoms with van der Waals surface area (Å²) < 4.78 is 19.6. The maximum atomic E-state index is 14.3. The van der Waals surface area contributed by atoms with Crippen molar-refractivity contribution in [2.24, 2.45) is 0 Å². The Balaban J connectivity index is 1.21. The van der Waals surface area contributed by atoms with Gasteiger partial charge in [-0.3, -0.25) is 4.79 Å². The molecule has 0 N–H and O–H groups in total. The van der Waals surface area contributed by atoms with Crippen LogP contribution in [-0.4, -0.2) is 92.2 Å². The van der Waals surface area contributed by atoms with Gasteiger partial charge in [0, 0.05) is 76.9 Å². The third-order valence-corrected chi connectivity index (χ3v) is 8.11. The first kappa shape index (κ1) is 27.4. The van der Waals surface area contributed by atoms with E-state index in [0.29, 0.717) is 36.3 Å². The van der Waals surface area contributed by atoms with Crippen molar-refractivity contribution in [3.63, 3.8) is 0 Å². The summed E-state index contributed by atoms with van der Waals surface area (Å²) in [5.74, 6) is 1.46. The third kappa shape index (κ3) is 6.87. The van der Waals surface area contributed by atoms with Crippen LogP contribution in [-0.2, 0) is 17.1 Å². The molecule has 5 rings (SSSR count). The molecule has 3 aromatic rings. The Morgan fingerprint density at radius 2 is 1.62 bits per heavy atom. The summed E-state index contributed by atoms with van der Waals surface area (Å²) in [6.45, 7) is 6.66. The zero-order chi connectivity index (χ0) is 27.2. The number of halogens is 1. The molecule has 0 bridgehead atoms. The van der Waals surface area contributed by atoms with E-state index in [9.17, 15) is 9.18 Å². The molecular formula is C29H35FN6O2S. The smallest absolute Gasteiger partial charge is 0.253 e. The summed E-state index contributed by atoms with van der Waals surface area (Å²) in [5.41, 5.74) is 3.31. The van der Waals surface area contributed by atoms with Crippen LogP contribution >= 0.6 is 11.8 Å². The molecule has 39 heavy (non-hydrogen) atoms. The summed E-state index contributed by atoms with van der Waals surface area (Å²) in [6, 6.07) is 16.8. The molecule has 0 spiro atoms. The Morgan fingerprint density at radius 3 is 2.31 bits per heavy atom. The maximum Gasteiger partial charge on any atom is 0.253 e. The molecule has 10 heteroatoms. The topological polar surface area (TPSA) is 65.0 Å². The number of aromatic nitrogens is 2. The molecule has 0 unspecified atom stereocenters. The van der Waals surface area contributed by atoms with Gasteiger partial charge in [0.15, 0.2) is 5.16 Å². The van der Waals surface area contributed by atoms with Crippen LogP contribution in [0.15, 0.2) is 59.8 Å². The van der Waals surface area contributed by atoms with Gasteiger partial charge in [0.25, 0.3) is 5.91 Å². The van der Waals surface area contributed by atoms with Gasteiger partial charge in [0.2, 0.25) is 0 Å². The molecule has 3 heterocycles. The monoisotopic (exact) mass is 550 g/mol. The van der Waals surface area contributed by atoms with Crippen molar-refractivity contribution in [2.45, 2.75) is 17.5 Å². The summed E-state index contributed by atoms with van der Waals surface area (Å²) in [5, 5.41) is 0.689. The Morgan fingerprint density at radius 1 is 0.923 bits per heavy atom. The zero-order valence-corrected chi connectivity index (χ0v) is 23.4. The minimum absolute atomic E-state index is 0.0950. The lowest BCUT2D eigenvalue weighted by molar-refractivity contribution is 0.0664. The Labute approximate surface area is 233 Å². The van der Waals surface area contributed by atoms with E-state index in [2.05, 4.69) is 21.7 Å². The fraction of sp³-hybridized carbons (Fsp3) is 0.414. The predicted molar refractivity (Wildman–Crippen MR) is 153 cm³/mol. The number of para-hydroxylation sites is 1. The first-order valence-corrected chi connectivity index (χ1v) is 14.3. The van der Waals surface area contributed by atoms with E-state index in [1.54, 1.807) is 24.9 Å². The number of methoxy groups -OCH3 is 1. The minimum Gasteiger partial charge on any atom is -0.378 e. The molecule has 1 aromatic heterocycles. The van der Waals surface area contributed by atoms with Gasteiger partial charge in [-0.1, -0.05) is 36.0 Å². The molecule has 8 nitrogen and oxygen atoms in total. The lowest BCUT2D eigenvalue weighted by Gasteiger charge is -2.37. The third-order valence-electron chi connectivity index (χ3n) is 7.19. The van der Waals surface area contributed by atoms with Gasteiger partial charge in [-0.15, -0.1) is 0 Å². The van der Waals surface area contributed by atoms with E-state index >= 15 is 0 Å². The molecule has 206 valence electrons. The van der Waals surface area contributed by atoms with Crippen molar-refractivity contribution in [3.8, 4) is 0 Å². The lowest BCUT2D eigenvalue weighted by Crippen LogP contribution is -2.47. The molecule has 0 aliphatic carbocycles. The second-order valence-electron chi connectivity index (χ2n) is 9.94. The van der Waals surface area contributed by atoms with Gasteiger partial charge in [-0.25, -0.2) is 14.4 Å². The number of hydrogen-bond donors (Lipinski definition) is 0. The quantitative estimate of drug-likeness (QED) is 0.310. The van der Waals surface area contributed by atoms with Crippen LogP contribution in [0.2, 0.25) is 0 Å². The van der Waals surface area contributed by atoms with Gasteiger partial charge in [0.05, 0.1) is 18.0 Å². The number of thioether (sulfide) groups is 1. The fourth-order valence-electron chi connectivity index (χ4n) is 4.88. The van der Waals surface area contributed by atoms with Crippen LogP contribution in [0.3, 0.4) is 0 Å². The number of carbonyl (C=O) groups excluding carboxylic acids is 1. The maximum absolute atomic E-state index is 14.3. The van der Waals surface area contributed by atoms with Gasteiger partial charge >= 0.3 is 0 Å². The van der Waals surface area contributed by atoms with Crippen molar-refractivity contribution in [2.75, 3.05) is 76.3 Å². The van der Waals surface area contributed by atoms with Crippen molar-refractivity contribution in [3.05, 3.63) is 77.2 Å². The molecular weight excluding hydrogens is 515 g/mol. The Hall–Kier alpha value is -3.21. The fourth-order valence-corrected chi connectivity index (χ4v) is 5.70. The number of rotatable bonds is 8. The number of nitrogens with zero attached hydrogens (tertiary/aromatic N) is 6. The van der Waals surface area contributed by atoms with Gasteiger partial charge in [-0.05, 0) is 36.9 Å². The van der Waals surface area contributed by atoms with Crippen molar-refractivity contribution >= 4 is 29.2 Å². The van der Waals surface area contributed by atoms with Crippen LogP contribution in [0.1, 0.15) is 21.6 Å². The lowest BCUT2D eigenvalue weighted by atomic mass is 10.1. The standard InChI is InChI=1S/C29H35FN6O2S/c1-33-11-13-36(14-12-33)28(37)23-9-7-22(8-10-23)21-39-29-31-24(20-38-2)19-27(32-29)35-17-15-34(16-18-35)26-6-4-3-5-25(26)30/h3-10,19H,11-18,20-21H2,1-2H3. The number of anilines is 2. The molecule has 2 aromatic carbocycles. The summed E-state index contributed by atoms with van der Waals surface area (Å²) in [6.07, 6.45) is 0. The van der Waals surface area contributed by atoms with E-state index in [0.717, 1.165) is 61.9 Å². The second kappa shape index (κ2) is 12.8. The van der Waals surface area contributed by atoms with E-state index < -0.39 is 0 Å². The minimum atomic E-state index is -0.189. The molecule has 2 saturated heterocycles. The number of likely N-dealkylation sites (N-methyl/N-ethyl adjacent to an activating group) is 1. The zero-order valence-electron chi connectivity index (χ0n) is 22.6. The number of carbonyl (C=O) groups is 1. The largest absolute Gasteiger partial charge is 0.378 e. The molecule has 2 aliphatic rings. The van der Waals surface area contributed by atoms with E-state index in [1.807, 2.05) is 47.4 Å². The van der Waals surface area contributed by atoms with E-state index in [4.69, 9.17) is 14.7 Å². The number of ether oxygens (including phenoxy) is 1. The second-order valence-corrected chi connectivity index (χ2v) is 10.9.